The molecular formula is C20H18ClN3O2. The largest absolute Gasteiger partial charge is 0.339 e. The highest BCUT2D eigenvalue weighted by molar-refractivity contribution is 6.30. The van der Waals surface area contributed by atoms with Crippen molar-refractivity contribution in [3.63, 3.8) is 0 Å². The van der Waals surface area contributed by atoms with Gasteiger partial charge < -0.3 is 9.42 Å². The summed E-state index contributed by atoms with van der Waals surface area (Å²) in [5.74, 6) is 1.07. The molecule has 1 aliphatic heterocycles. The third-order valence-corrected chi connectivity index (χ3v) is 4.82. The van der Waals surface area contributed by atoms with Gasteiger partial charge in [0.1, 0.15) is 0 Å². The molecule has 1 unspecified atom stereocenters. The maximum Gasteiger partial charge on any atom is 0.232 e. The molecular weight excluding hydrogens is 350 g/mol. The predicted octanol–water partition coefficient (Wildman–Crippen LogP) is 4.21. The van der Waals surface area contributed by atoms with Crippen molar-refractivity contribution in [1.82, 2.24) is 15.0 Å². The zero-order chi connectivity index (χ0) is 18.1. The van der Waals surface area contributed by atoms with Gasteiger partial charge in [0, 0.05) is 30.1 Å². The van der Waals surface area contributed by atoms with Gasteiger partial charge >= 0.3 is 0 Å². The Kier molecular flexibility index (Phi) is 4.47. The number of halogens is 1. The number of aromatic nitrogens is 2. The minimum absolute atomic E-state index is 0.0686. The molecule has 132 valence electrons. The van der Waals surface area contributed by atoms with Crippen LogP contribution in [0.25, 0.3) is 11.4 Å². The van der Waals surface area contributed by atoms with Crippen molar-refractivity contribution in [2.75, 3.05) is 6.54 Å². The van der Waals surface area contributed by atoms with Crippen LogP contribution in [0.4, 0.5) is 0 Å². The number of aryl methyl sites for hydroxylation is 1. The monoisotopic (exact) mass is 367 g/mol. The molecule has 1 amide bonds. The highest BCUT2D eigenvalue weighted by Crippen LogP contribution is 2.30. The SMILES string of the molecule is Cc1cccc(CN2CC(c3nc(-c4ccc(Cl)cc4)no3)CC2=O)c1. The van der Waals surface area contributed by atoms with Crippen molar-refractivity contribution in [1.29, 1.82) is 0 Å². The van der Waals surface area contributed by atoms with Gasteiger partial charge in [-0.2, -0.15) is 4.98 Å². The molecule has 1 atom stereocenters. The Labute approximate surface area is 156 Å². The normalized spacial score (nSPS) is 17.1. The van der Waals surface area contributed by atoms with E-state index in [1.54, 1.807) is 12.1 Å². The first-order chi connectivity index (χ1) is 12.6. The minimum Gasteiger partial charge on any atom is -0.339 e. The summed E-state index contributed by atoms with van der Waals surface area (Å²) in [6.07, 6.45) is 0.397. The van der Waals surface area contributed by atoms with Crippen LogP contribution >= 0.6 is 11.6 Å². The molecule has 5 nitrogen and oxygen atoms in total. The first kappa shape index (κ1) is 16.8. The summed E-state index contributed by atoms with van der Waals surface area (Å²) in [6, 6.07) is 15.5. The summed E-state index contributed by atoms with van der Waals surface area (Å²) in [6.45, 7) is 3.25. The van der Waals surface area contributed by atoms with Gasteiger partial charge in [0.15, 0.2) is 0 Å². The van der Waals surface area contributed by atoms with E-state index in [1.165, 1.54) is 5.56 Å². The minimum atomic E-state index is -0.0686. The van der Waals surface area contributed by atoms with E-state index >= 15 is 0 Å². The van der Waals surface area contributed by atoms with E-state index in [4.69, 9.17) is 16.1 Å². The molecule has 0 spiro atoms. The Bertz CT molecular complexity index is 936. The predicted molar refractivity (Wildman–Crippen MR) is 98.7 cm³/mol. The van der Waals surface area contributed by atoms with E-state index in [9.17, 15) is 4.79 Å². The summed E-state index contributed by atoms with van der Waals surface area (Å²) in [7, 11) is 0. The highest BCUT2D eigenvalue weighted by atomic mass is 35.5. The Morgan fingerprint density at radius 2 is 2.04 bits per heavy atom. The summed E-state index contributed by atoms with van der Waals surface area (Å²) < 4.78 is 5.43. The summed E-state index contributed by atoms with van der Waals surface area (Å²) in [5.41, 5.74) is 3.16. The molecule has 0 radical (unpaired) electrons. The summed E-state index contributed by atoms with van der Waals surface area (Å²) in [5, 5.41) is 4.71. The quantitative estimate of drug-likeness (QED) is 0.693. The van der Waals surface area contributed by atoms with Gasteiger partial charge in [-0.1, -0.05) is 46.6 Å². The Morgan fingerprint density at radius 3 is 2.81 bits per heavy atom. The first-order valence-corrected chi connectivity index (χ1v) is 8.89. The number of hydrogen-bond donors (Lipinski definition) is 0. The molecule has 1 aliphatic rings. The van der Waals surface area contributed by atoms with Crippen LogP contribution < -0.4 is 0 Å². The molecule has 2 aromatic carbocycles. The van der Waals surface area contributed by atoms with E-state index in [-0.39, 0.29) is 11.8 Å². The van der Waals surface area contributed by atoms with Gasteiger partial charge in [-0.3, -0.25) is 4.79 Å². The molecule has 1 saturated heterocycles. The number of likely N-dealkylation sites (tertiary alicyclic amines) is 1. The number of carbonyl (C=O) groups excluding carboxylic acids is 1. The van der Waals surface area contributed by atoms with Gasteiger partial charge in [0.05, 0.1) is 5.92 Å². The smallest absolute Gasteiger partial charge is 0.232 e. The van der Waals surface area contributed by atoms with Crippen molar-refractivity contribution in [2.24, 2.45) is 0 Å². The average molecular weight is 368 g/mol. The lowest BCUT2D eigenvalue weighted by molar-refractivity contribution is -0.128. The van der Waals surface area contributed by atoms with Crippen molar-refractivity contribution in [3.8, 4) is 11.4 Å². The van der Waals surface area contributed by atoms with Crippen LogP contribution in [0.5, 0.6) is 0 Å². The van der Waals surface area contributed by atoms with Crippen LogP contribution in [0, 0.1) is 6.92 Å². The van der Waals surface area contributed by atoms with Crippen LogP contribution in [0.2, 0.25) is 5.02 Å². The van der Waals surface area contributed by atoms with Gasteiger partial charge in [-0.15, -0.1) is 0 Å². The highest BCUT2D eigenvalue weighted by Gasteiger charge is 2.34. The number of amides is 1. The number of rotatable bonds is 4. The van der Waals surface area contributed by atoms with Crippen molar-refractivity contribution in [3.05, 3.63) is 70.6 Å². The fraction of sp³-hybridized carbons (Fsp3) is 0.250. The number of hydrogen-bond acceptors (Lipinski definition) is 4. The Morgan fingerprint density at radius 1 is 1.23 bits per heavy atom. The topological polar surface area (TPSA) is 59.2 Å². The van der Waals surface area contributed by atoms with E-state index in [1.807, 2.05) is 29.2 Å². The molecule has 1 fully saturated rings. The average Bonchev–Trinajstić information content (AvgIpc) is 3.23. The van der Waals surface area contributed by atoms with Gasteiger partial charge in [-0.25, -0.2) is 0 Å². The van der Waals surface area contributed by atoms with Crippen LogP contribution in [0.3, 0.4) is 0 Å². The van der Waals surface area contributed by atoms with E-state index < -0.39 is 0 Å². The van der Waals surface area contributed by atoms with E-state index in [2.05, 4.69) is 29.2 Å². The molecule has 0 aliphatic carbocycles. The van der Waals surface area contributed by atoms with Crippen molar-refractivity contribution >= 4 is 17.5 Å². The third-order valence-electron chi connectivity index (χ3n) is 4.56. The molecule has 4 rings (SSSR count). The van der Waals surface area contributed by atoms with Gasteiger partial charge in [-0.05, 0) is 36.8 Å². The van der Waals surface area contributed by atoms with Crippen molar-refractivity contribution < 1.29 is 9.32 Å². The van der Waals surface area contributed by atoms with Crippen LogP contribution in [-0.2, 0) is 11.3 Å². The number of carbonyl (C=O) groups is 1. The molecule has 6 heteroatoms. The molecule has 0 saturated carbocycles. The Hall–Kier alpha value is -2.66. The zero-order valence-corrected chi connectivity index (χ0v) is 15.1. The number of benzene rings is 2. The second-order valence-electron chi connectivity index (χ2n) is 6.63. The molecule has 0 bridgehead atoms. The molecule has 2 heterocycles. The molecule has 1 aromatic heterocycles. The third kappa shape index (κ3) is 3.48. The maximum absolute atomic E-state index is 12.4. The zero-order valence-electron chi connectivity index (χ0n) is 14.4. The summed E-state index contributed by atoms with van der Waals surface area (Å²) >= 11 is 5.91. The lowest BCUT2D eigenvalue weighted by Gasteiger charge is -2.16. The lowest BCUT2D eigenvalue weighted by Crippen LogP contribution is -2.24. The Balaban J connectivity index is 1.48. The standard InChI is InChI=1S/C20H18ClN3O2/c1-13-3-2-4-14(9-13)11-24-12-16(10-18(24)25)20-22-19(23-26-20)15-5-7-17(21)8-6-15/h2-9,16H,10-12H2,1H3. The van der Waals surface area contributed by atoms with Crippen LogP contribution in [0.1, 0.15) is 29.4 Å². The first-order valence-electron chi connectivity index (χ1n) is 8.51. The van der Waals surface area contributed by atoms with Gasteiger partial charge in [0.25, 0.3) is 0 Å². The fourth-order valence-corrected chi connectivity index (χ4v) is 3.36. The molecule has 3 aromatic rings. The van der Waals surface area contributed by atoms with Crippen molar-refractivity contribution in [2.45, 2.75) is 25.8 Å². The van der Waals surface area contributed by atoms with Crippen LogP contribution in [-0.4, -0.2) is 27.5 Å². The lowest BCUT2D eigenvalue weighted by atomic mass is 10.1. The number of nitrogens with zero attached hydrogens (tertiary/aromatic N) is 3. The molecule has 0 N–H and O–H groups in total. The molecule has 26 heavy (non-hydrogen) atoms. The summed E-state index contributed by atoms with van der Waals surface area (Å²) in [4.78, 5) is 18.7. The van der Waals surface area contributed by atoms with Gasteiger partial charge in [0.2, 0.25) is 17.6 Å². The fourth-order valence-electron chi connectivity index (χ4n) is 3.24. The second-order valence-corrected chi connectivity index (χ2v) is 7.06. The van der Waals surface area contributed by atoms with E-state index in [0.29, 0.717) is 36.2 Å². The van der Waals surface area contributed by atoms with Crippen LogP contribution in [0.15, 0.2) is 53.1 Å². The maximum atomic E-state index is 12.4. The second kappa shape index (κ2) is 6.92. The van der Waals surface area contributed by atoms with E-state index in [0.717, 1.165) is 11.1 Å².